The zero-order valence-corrected chi connectivity index (χ0v) is 7.73. The first-order valence-electron chi connectivity index (χ1n) is 3.52. The minimum absolute atomic E-state index is 0. The number of hydrogen-bond acceptors (Lipinski definition) is 2. The molecule has 0 fully saturated rings. The van der Waals surface area contributed by atoms with Crippen molar-refractivity contribution in [1.82, 2.24) is 0 Å². The third kappa shape index (κ3) is 5.04. The van der Waals surface area contributed by atoms with E-state index in [9.17, 15) is 4.79 Å². The Morgan fingerprint density at radius 3 is 2.09 bits per heavy atom. The first-order chi connectivity index (χ1) is 4.59. The maximum Gasteiger partial charge on any atom is 0.306 e. The number of hydrogen-bond donors (Lipinski definition) is 2. The van der Waals surface area contributed by atoms with Crippen LogP contribution >= 0.6 is 12.4 Å². The van der Waals surface area contributed by atoms with Crippen molar-refractivity contribution in [3.63, 3.8) is 0 Å². The monoisotopic (exact) mass is 181 g/mol. The lowest BCUT2D eigenvalue weighted by molar-refractivity contribution is -0.143. The van der Waals surface area contributed by atoms with Crippen LogP contribution in [-0.2, 0) is 4.79 Å². The lowest BCUT2D eigenvalue weighted by atomic mass is 9.93. The van der Waals surface area contributed by atoms with E-state index in [1.54, 1.807) is 0 Å². The SMILES string of the molecule is CC(C)C(CCN)C(=O)O.Cl. The Bertz CT molecular complexity index is 117. The molecule has 1 atom stereocenters. The van der Waals surface area contributed by atoms with Gasteiger partial charge < -0.3 is 10.8 Å². The minimum Gasteiger partial charge on any atom is -0.481 e. The first kappa shape index (κ1) is 13.3. The van der Waals surface area contributed by atoms with Crippen LogP contribution in [0.2, 0.25) is 0 Å². The summed E-state index contributed by atoms with van der Waals surface area (Å²) in [5.41, 5.74) is 5.24. The van der Waals surface area contributed by atoms with Crippen LogP contribution in [0.5, 0.6) is 0 Å². The molecule has 0 heterocycles. The molecule has 0 spiro atoms. The van der Waals surface area contributed by atoms with E-state index >= 15 is 0 Å². The molecular weight excluding hydrogens is 166 g/mol. The number of carbonyl (C=O) groups is 1. The standard InChI is InChI=1S/C7H15NO2.ClH/c1-5(2)6(3-4-8)7(9)10;/h5-6H,3-4,8H2,1-2H3,(H,9,10);1H. The molecule has 1 unspecified atom stereocenters. The molecule has 3 nitrogen and oxygen atoms in total. The summed E-state index contributed by atoms with van der Waals surface area (Å²) in [4.78, 5) is 10.5. The average Bonchev–Trinajstić information content (AvgIpc) is 1.81. The molecular formula is C7H16ClNO2. The molecule has 4 heteroatoms. The lowest BCUT2D eigenvalue weighted by Gasteiger charge is -2.13. The van der Waals surface area contributed by atoms with Crippen LogP contribution in [0, 0.1) is 11.8 Å². The number of aliphatic carboxylic acids is 1. The van der Waals surface area contributed by atoms with E-state index in [0.717, 1.165) is 0 Å². The van der Waals surface area contributed by atoms with Gasteiger partial charge in [-0.2, -0.15) is 0 Å². The summed E-state index contributed by atoms with van der Waals surface area (Å²) < 4.78 is 0. The predicted molar refractivity (Wildman–Crippen MR) is 46.9 cm³/mol. The normalized spacial score (nSPS) is 12.4. The molecule has 0 aliphatic carbocycles. The van der Waals surface area contributed by atoms with Crippen molar-refractivity contribution in [1.29, 1.82) is 0 Å². The van der Waals surface area contributed by atoms with Crippen LogP contribution in [0.4, 0.5) is 0 Å². The van der Waals surface area contributed by atoms with Crippen LogP contribution in [0.3, 0.4) is 0 Å². The van der Waals surface area contributed by atoms with E-state index in [4.69, 9.17) is 10.8 Å². The molecule has 3 N–H and O–H groups in total. The molecule has 11 heavy (non-hydrogen) atoms. The Morgan fingerprint density at radius 1 is 1.55 bits per heavy atom. The Balaban J connectivity index is 0. The summed E-state index contributed by atoms with van der Waals surface area (Å²) in [6.07, 6.45) is 0.576. The number of rotatable bonds is 4. The number of carboxylic acid groups (broad SMARTS) is 1. The summed E-state index contributed by atoms with van der Waals surface area (Å²) in [7, 11) is 0. The van der Waals surface area contributed by atoms with E-state index in [-0.39, 0.29) is 24.2 Å². The van der Waals surface area contributed by atoms with Crippen LogP contribution in [0.25, 0.3) is 0 Å². The van der Waals surface area contributed by atoms with Gasteiger partial charge in [-0.15, -0.1) is 12.4 Å². The summed E-state index contributed by atoms with van der Waals surface area (Å²) in [5, 5.41) is 8.62. The molecule has 0 aromatic carbocycles. The Morgan fingerprint density at radius 2 is 2.00 bits per heavy atom. The Kier molecular flexibility index (Phi) is 7.79. The van der Waals surface area contributed by atoms with Crippen molar-refractivity contribution < 1.29 is 9.90 Å². The van der Waals surface area contributed by atoms with E-state index in [2.05, 4.69) is 0 Å². The maximum atomic E-state index is 10.5. The van der Waals surface area contributed by atoms with E-state index in [0.29, 0.717) is 13.0 Å². The van der Waals surface area contributed by atoms with Crippen molar-refractivity contribution in [2.45, 2.75) is 20.3 Å². The second-order valence-corrected chi connectivity index (χ2v) is 2.77. The summed E-state index contributed by atoms with van der Waals surface area (Å²) in [5.74, 6) is -0.827. The van der Waals surface area contributed by atoms with Gasteiger partial charge in [-0.25, -0.2) is 0 Å². The smallest absolute Gasteiger partial charge is 0.306 e. The highest BCUT2D eigenvalue weighted by Gasteiger charge is 2.19. The third-order valence-electron chi connectivity index (χ3n) is 1.60. The zero-order valence-electron chi connectivity index (χ0n) is 6.91. The quantitative estimate of drug-likeness (QED) is 0.683. The second-order valence-electron chi connectivity index (χ2n) is 2.77. The molecule has 0 aromatic heterocycles. The maximum absolute atomic E-state index is 10.5. The molecule has 68 valence electrons. The second kappa shape index (κ2) is 6.43. The van der Waals surface area contributed by atoms with Gasteiger partial charge in [0.2, 0.25) is 0 Å². The van der Waals surface area contributed by atoms with Crippen LogP contribution in [-0.4, -0.2) is 17.6 Å². The summed E-state index contributed by atoms with van der Waals surface area (Å²) >= 11 is 0. The fourth-order valence-corrected chi connectivity index (χ4v) is 0.922. The highest BCUT2D eigenvalue weighted by molar-refractivity contribution is 5.85. The van der Waals surface area contributed by atoms with Gasteiger partial charge in [0, 0.05) is 0 Å². The lowest BCUT2D eigenvalue weighted by Crippen LogP contribution is -2.22. The van der Waals surface area contributed by atoms with Gasteiger partial charge in [0.15, 0.2) is 0 Å². The Hall–Kier alpha value is -0.280. The molecule has 0 saturated heterocycles. The summed E-state index contributed by atoms with van der Waals surface area (Å²) in [6.45, 7) is 4.25. The van der Waals surface area contributed by atoms with Crippen LogP contribution in [0.1, 0.15) is 20.3 Å². The van der Waals surface area contributed by atoms with Crippen LogP contribution < -0.4 is 5.73 Å². The van der Waals surface area contributed by atoms with E-state index in [1.165, 1.54) is 0 Å². The van der Waals surface area contributed by atoms with Crippen LogP contribution in [0.15, 0.2) is 0 Å². The summed E-state index contributed by atoms with van der Waals surface area (Å²) in [6, 6.07) is 0. The number of carboxylic acids is 1. The fraction of sp³-hybridized carbons (Fsp3) is 0.857. The van der Waals surface area contributed by atoms with Crippen molar-refractivity contribution in [2.24, 2.45) is 17.6 Å². The largest absolute Gasteiger partial charge is 0.481 e. The minimum atomic E-state index is -0.736. The zero-order chi connectivity index (χ0) is 8.15. The Labute approximate surface area is 73.4 Å². The molecule has 0 radical (unpaired) electrons. The molecule has 0 bridgehead atoms. The number of halogens is 1. The van der Waals surface area contributed by atoms with Gasteiger partial charge in [0.25, 0.3) is 0 Å². The van der Waals surface area contributed by atoms with Gasteiger partial charge in [0.05, 0.1) is 5.92 Å². The third-order valence-corrected chi connectivity index (χ3v) is 1.60. The van der Waals surface area contributed by atoms with Crippen molar-refractivity contribution in [3.05, 3.63) is 0 Å². The number of nitrogens with two attached hydrogens (primary N) is 1. The molecule has 0 saturated carbocycles. The predicted octanol–water partition coefficient (Wildman–Crippen LogP) is 1.11. The van der Waals surface area contributed by atoms with Gasteiger partial charge >= 0.3 is 5.97 Å². The van der Waals surface area contributed by atoms with Gasteiger partial charge in [-0.1, -0.05) is 13.8 Å². The molecule has 0 rings (SSSR count). The van der Waals surface area contributed by atoms with Crippen molar-refractivity contribution in [2.75, 3.05) is 6.54 Å². The van der Waals surface area contributed by atoms with E-state index < -0.39 is 5.97 Å². The highest BCUT2D eigenvalue weighted by Crippen LogP contribution is 2.13. The van der Waals surface area contributed by atoms with Crippen molar-refractivity contribution in [3.8, 4) is 0 Å². The van der Waals surface area contributed by atoms with Gasteiger partial charge in [-0.05, 0) is 18.9 Å². The topological polar surface area (TPSA) is 63.3 Å². The molecule has 0 aromatic rings. The highest BCUT2D eigenvalue weighted by atomic mass is 35.5. The van der Waals surface area contributed by atoms with E-state index in [1.807, 2.05) is 13.8 Å². The first-order valence-corrected chi connectivity index (χ1v) is 3.52. The van der Waals surface area contributed by atoms with Gasteiger partial charge in [-0.3, -0.25) is 4.79 Å². The average molecular weight is 182 g/mol. The fourth-order valence-electron chi connectivity index (χ4n) is 0.922. The molecule has 0 aliphatic heterocycles. The molecule has 0 aliphatic rings. The van der Waals surface area contributed by atoms with Gasteiger partial charge in [0.1, 0.15) is 0 Å². The molecule has 0 amide bonds. The van der Waals surface area contributed by atoms with Crippen molar-refractivity contribution >= 4 is 18.4 Å².